The summed E-state index contributed by atoms with van der Waals surface area (Å²) in [6.45, 7) is 6.23. The SMILES string of the molecule is C=C[C@@H]1[C@@H](C)[C@H]2C=C[C@@H]1C2. The van der Waals surface area contributed by atoms with Crippen LogP contribution in [0.3, 0.4) is 0 Å². The number of hydrogen-bond donors (Lipinski definition) is 0. The molecule has 10 heavy (non-hydrogen) atoms. The van der Waals surface area contributed by atoms with Crippen LogP contribution in [-0.2, 0) is 0 Å². The fraction of sp³-hybridized carbons (Fsp3) is 0.600. The summed E-state index contributed by atoms with van der Waals surface area (Å²) in [6, 6.07) is 0. The van der Waals surface area contributed by atoms with Crippen molar-refractivity contribution in [3.8, 4) is 0 Å². The highest BCUT2D eigenvalue weighted by atomic mass is 14.4. The molecule has 4 atom stereocenters. The zero-order valence-electron chi connectivity index (χ0n) is 6.46. The minimum absolute atomic E-state index is 0.773. The average Bonchev–Trinajstić information content (AvgIpc) is 2.46. The highest BCUT2D eigenvalue weighted by molar-refractivity contribution is 5.15. The van der Waals surface area contributed by atoms with Crippen molar-refractivity contribution in [2.75, 3.05) is 0 Å². The molecule has 2 aliphatic rings. The lowest BCUT2D eigenvalue weighted by atomic mass is 9.85. The van der Waals surface area contributed by atoms with E-state index in [4.69, 9.17) is 0 Å². The summed E-state index contributed by atoms with van der Waals surface area (Å²) in [7, 11) is 0. The molecule has 1 fully saturated rings. The summed E-state index contributed by atoms with van der Waals surface area (Å²) >= 11 is 0. The van der Waals surface area contributed by atoms with Gasteiger partial charge in [0, 0.05) is 0 Å². The first kappa shape index (κ1) is 6.21. The molecular weight excluding hydrogens is 120 g/mol. The second-order valence-corrected chi connectivity index (χ2v) is 3.62. The summed E-state index contributed by atoms with van der Waals surface area (Å²) in [6.07, 6.45) is 8.28. The molecule has 0 nitrogen and oxygen atoms in total. The zero-order chi connectivity index (χ0) is 7.14. The van der Waals surface area contributed by atoms with Crippen LogP contribution in [0.1, 0.15) is 13.3 Å². The van der Waals surface area contributed by atoms with Gasteiger partial charge in [0.2, 0.25) is 0 Å². The van der Waals surface area contributed by atoms with Crippen LogP contribution in [0, 0.1) is 23.7 Å². The van der Waals surface area contributed by atoms with E-state index in [1.165, 1.54) is 6.42 Å². The van der Waals surface area contributed by atoms with Gasteiger partial charge >= 0.3 is 0 Å². The number of allylic oxidation sites excluding steroid dienone is 3. The van der Waals surface area contributed by atoms with Crippen molar-refractivity contribution in [3.63, 3.8) is 0 Å². The predicted octanol–water partition coefficient (Wildman–Crippen LogP) is 2.63. The first-order chi connectivity index (χ1) is 4.83. The normalized spacial score (nSPS) is 50.1. The highest BCUT2D eigenvalue weighted by Gasteiger charge is 2.39. The maximum absolute atomic E-state index is 3.88. The lowest BCUT2D eigenvalue weighted by Crippen LogP contribution is -2.13. The Balaban J connectivity index is 2.25. The third-order valence-electron chi connectivity index (χ3n) is 3.20. The minimum atomic E-state index is 0.773. The standard InChI is InChI=1S/C10H14/c1-3-10-7(2)8-4-5-9(10)6-8/h3-5,7-10H,1,6H2,2H3/t7-,8-,9+,10+/m0/s1. The highest BCUT2D eigenvalue weighted by Crippen LogP contribution is 2.47. The van der Waals surface area contributed by atoms with Gasteiger partial charge in [-0.1, -0.05) is 25.2 Å². The molecule has 2 bridgehead atoms. The van der Waals surface area contributed by atoms with Gasteiger partial charge in [-0.15, -0.1) is 6.58 Å². The Bertz CT molecular complexity index is 178. The Hall–Kier alpha value is -0.520. The summed E-state index contributed by atoms with van der Waals surface area (Å²) in [5, 5.41) is 0. The van der Waals surface area contributed by atoms with Gasteiger partial charge in [0.05, 0.1) is 0 Å². The Labute approximate surface area is 62.6 Å². The minimum Gasteiger partial charge on any atom is -0.103 e. The third-order valence-corrected chi connectivity index (χ3v) is 3.20. The smallest absolute Gasteiger partial charge is 0.0142 e. The van der Waals surface area contributed by atoms with E-state index in [0.717, 1.165) is 23.7 Å². The molecule has 0 spiro atoms. The molecule has 0 heterocycles. The van der Waals surface area contributed by atoms with Crippen molar-refractivity contribution >= 4 is 0 Å². The number of hydrogen-bond acceptors (Lipinski definition) is 0. The lowest BCUT2D eigenvalue weighted by molar-refractivity contribution is 0.404. The van der Waals surface area contributed by atoms with E-state index in [2.05, 4.69) is 31.7 Å². The molecule has 1 saturated carbocycles. The summed E-state index contributed by atoms with van der Waals surface area (Å²) in [5.41, 5.74) is 0. The largest absolute Gasteiger partial charge is 0.103 e. The quantitative estimate of drug-likeness (QED) is 0.484. The average molecular weight is 134 g/mol. The molecule has 0 N–H and O–H groups in total. The van der Waals surface area contributed by atoms with Crippen LogP contribution >= 0.6 is 0 Å². The van der Waals surface area contributed by atoms with Gasteiger partial charge < -0.3 is 0 Å². The van der Waals surface area contributed by atoms with Gasteiger partial charge in [-0.3, -0.25) is 0 Å². The molecule has 0 saturated heterocycles. The molecular formula is C10H14. The van der Waals surface area contributed by atoms with Gasteiger partial charge in [0.15, 0.2) is 0 Å². The van der Waals surface area contributed by atoms with E-state index in [9.17, 15) is 0 Å². The van der Waals surface area contributed by atoms with Gasteiger partial charge in [-0.2, -0.15) is 0 Å². The molecule has 2 rings (SSSR count). The van der Waals surface area contributed by atoms with Gasteiger partial charge in [0.25, 0.3) is 0 Å². The molecule has 0 aliphatic heterocycles. The summed E-state index contributed by atoms with van der Waals surface area (Å²) in [5.74, 6) is 3.33. The Morgan fingerprint density at radius 1 is 1.40 bits per heavy atom. The molecule has 0 amide bonds. The van der Waals surface area contributed by atoms with Crippen molar-refractivity contribution in [1.82, 2.24) is 0 Å². The molecule has 0 heteroatoms. The van der Waals surface area contributed by atoms with Crippen LogP contribution in [0.2, 0.25) is 0 Å². The van der Waals surface area contributed by atoms with E-state index in [1.807, 2.05) is 0 Å². The monoisotopic (exact) mass is 134 g/mol. The molecule has 2 aliphatic carbocycles. The first-order valence-corrected chi connectivity index (χ1v) is 4.14. The lowest BCUT2D eigenvalue weighted by Gasteiger charge is -2.20. The van der Waals surface area contributed by atoms with E-state index in [-0.39, 0.29) is 0 Å². The second-order valence-electron chi connectivity index (χ2n) is 3.62. The van der Waals surface area contributed by atoms with Crippen LogP contribution in [0.25, 0.3) is 0 Å². The molecule has 0 unspecified atom stereocenters. The van der Waals surface area contributed by atoms with Gasteiger partial charge in [-0.05, 0) is 30.1 Å². The van der Waals surface area contributed by atoms with Crippen molar-refractivity contribution < 1.29 is 0 Å². The molecule has 0 aromatic heterocycles. The van der Waals surface area contributed by atoms with Crippen molar-refractivity contribution in [3.05, 3.63) is 24.8 Å². The predicted molar refractivity (Wildman–Crippen MR) is 43.6 cm³/mol. The fourth-order valence-electron chi connectivity index (χ4n) is 2.50. The van der Waals surface area contributed by atoms with Crippen LogP contribution < -0.4 is 0 Å². The van der Waals surface area contributed by atoms with Gasteiger partial charge in [0.1, 0.15) is 0 Å². The molecule has 0 aromatic carbocycles. The maximum Gasteiger partial charge on any atom is -0.0142 e. The van der Waals surface area contributed by atoms with Crippen molar-refractivity contribution in [1.29, 1.82) is 0 Å². The van der Waals surface area contributed by atoms with Crippen molar-refractivity contribution in [2.24, 2.45) is 23.7 Å². The zero-order valence-corrected chi connectivity index (χ0v) is 6.46. The van der Waals surface area contributed by atoms with Crippen LogP contribution in [0.4, 0.5) is 0 Å². The Kier molecular flexibility index (Phi) is 1.23. The van der Waals surface area contributed by atoms with Gasteiger partial charge in [-0.25, -0.2) is 0 Å². The molecule has 54 valence electrons. The maximum atomic E-state index is 3.88. The van der Waals surface area contributed by atoms with E-state index < -0.39 is 0 Å². The summed E-state index contributed by atoms with van der Waals surface area (Å²) < 4.78 is 0. The van der Waals surface area contributed by atoms with E-state index in [1.54, 1.807) is 0 Å². The fourth-order valence-corrected chi connectivity index (χ4v) is 2.50. The van der Waals surface area contributed by atoms with E-state index >= 15 is 0 Å². The third kappa shape index (κ3) is 0.622. The topological polar surface area (TPSA) is 0 Å². The molecule has 0 aromatic rings. The Morgan fingerprint density at radius 3 is 2.50 bits per heavy atom. The Morgan fingerprint density at radius 2 is 2.10 bits per heavy atom. The van der Waals surface area contributed by atoms with Crippen LogP contribution in [0.15, 0.2) is 24.8 Å². The van der Waals surface area contributed by atoms with Crippen LogP contribution in [-0.4, -0.2) is 0 Å². The van der Waals surface area contributed by atoms with Crippen LogP contribution in [0.5, 0.6) is 0 Å². The number of rotatable bonds is 1. The van der Waals surface area contributed by atoms with E-state index in [0.29, 0.717) is 0 Å². The summed E-state index contributed by atoms with van der Waals surface area (Å²) in [4.78, 5) is 0. The molecule has 0 radical (unpaired) electrons. The first-order valence-electron chi connectivity index (χ1n) is 4.14. The second kappa shape index (κ2) is 1.98. The van der Waals surface area contributed by atoms with Crippen molar-refractivity contribution in [2.45, 2.75) is 13.3 Å². The number of fused-ring (bicyclic) bond motifs is 2.